The Morgan fingerprint density at radius 1 is 1.20 bits per heavy atom. The van der Waals surface area contributed by atoms with Gasteiger partial charge in [-0.25, -0.2) is 4.39 Å². The molecule has 0 amide bonds. The van der Waals surface area contributed by atoms with E-state index < -0.39 is 0 Å². The second-order valence-electron chi connectivity index (χ2n) is 4.08. The number of benzene rings is 2. The van der Waals surface area contributed by atoms with Gasteiger partial charge in [0, 0.05) is 23.5 Å². The molecule has 3 nitrogen and oxygen atoms in total. The van der Waals surface area contributed by atoms with Crippen LogP contribution in [-0.4, -0.2) is 12.9 Å². The lowest BCUT2D eigenvalue weighted by Gasteiger charge is -2.02. The van der Waals surface area contributed by atoms with Gasteiger partial charge >= 0.3 is 0 Å². The first-order valence-corrected chi connectivity index (χ1v) is 6.06. The maximum Gasteiger partial charge on any atom is 0.187 e. The minimum Gasteiger partial charge on any atom is -0.497 e. The van der Waals surface area contributed by atoms with E-state index in [1.807, 2.05) is 0 Å². The van der Waals surface area contributed by atoms with E-state index >= 15 is 0 Å². The minimum absolute atomic E-state index is 0.159. The van der Waals surface area contributed by atoms with E-state index in [-0.39, 0.29) is 11.6 Å². The maximum atomic E-state index is 13.0. The van der Waals surface area contributed by atoms with Crippen LogP contribution in [0.2, 0.25) is 0 Å². The Labute approximate surface area is 116 Å². The van der Waals surface area contributed by atoms with Crippen molar-refractivity contribution in [1.29, 1.82) is 0 Å². The Morgan fingerprint density at radius 3 is 2.75 bits per heavy atom. The van der Waals surface area contributed by atoms with Gasteiger partial charge in [-0.2, -0.15) is 0 Å². The van der Waals surface area contributed by atoms with Crippen LogP contribution >= 0.6 is 0 Å². The van der Waals surface area contributed by atoms with Gasteiger partial charge in [0.2, 0.25) is 0 Å². The average Bonchev–Trinajstić information content (AvgIpc) is 2.47. The van der Waals surface area contributed by atoms with Crippen molar-refractivity contribution in [2.75, 3.05) is 12.4 Å². The molecule has 0 aliphatic heterocycles. The largest absolute Gasteiger partial charge is 0.497 e. The molecule has 102 valence electrons. The zero-order valence-electron chi connectivity index (χ0n) is 11.0. The molecule has 0 aliphatic rings. The molecule has 0 aliphatic carbocycles. The van der Waals surface area contributed by atoms with Crippen LogP contribution in [-0.2, 0) is 0 Å². The van der Waals surface area contributed by atoms with Gasteiger partial charge in [0.1, 0.15) is 11.6 Å². The zero-order valence-corrected chi connectivity index (χ0v) is 11.0. The normalized spacial score (nSPS) is 10.5. The monoisotopic (exact) mass is 271 g/mol. The van der Waals surface area contributed by atoms with Crippen molar-refractivity contribution in [2.45, 2.75) is 0 Å². The topological polar surface area (TPSA) is 38.3 Å². The zero-order chi connectivity index (χ0) is 14.4. The van der Waals surface area contributed by atoms with Crippen molar-refractivity contribution in [1.82, 2.24) is 0 Å². The lowest BCUT2D eigenvalue weighted by Crippen LogP contribution is -1.97. The van der Waals surface area contributed by atoms with Crippen molar-refractivity contribution in [2.24, 2.45) is 0 Å². The summed E-state index contributed by atoms with van der Waals surface area (Å²) in [6.45, 7) is 0. The third kappa shape index (κ3) is 3.68. The van der Waals surface area contributed by atoms with Gasteiger partial charge in [-0.1, -0.05) is 18.2 Å². The van der Waals surface area contributed by atoms with Crippen LogP contribution in [0.3, 0.4) is 0 Å². The molecular weight excluding hydrogens is 257 g/mol. The molecule has 0 atom stereocenters. The summed E-state index contributed by atoms with van der Waals surface area (Å²) in [6, 6.07) is 12.9. The summed E-state index contributed by atoms with van der Waals surface area (Å²) in [6.07, 6.45) is 2.87. The number of ether oxygens (including phenoxy) is 1. The summed E-state index contributed by atoms with van der Waals surface area (Å²) >= 11 is 0. The predicted octanol–water partition coefficient (Wildman–Crippen LogP) is 3.64. The molecule has 2 aromatic carbocycles. The fourth-order valence-corrected chi connectivity index (χ4v) is 1.66. The number of rotatable bonds is 5. The number of hydrogen-bond donors (Lipinski definition) is 1. The van der Waals surface area contributed by atoms with Crippen LogP contribution in [0.15, 0.2) is 60.8 Å². The lowest BCUT2D eigenvalue weighted by atomic mass is 10.1. The third-order valence-electron chi connectivity index (χ3n) is 2.66. The Kier molecular flexibility index (Phi) is 4.50. The first kappa shape index (κ1) is 13.8. The van der Waals surface area contributed by atoms with Crippen molar-refractivity contribution in [3.63, 3.8) is 0 Å². The highest BCUT2D eigenvalue weighted by atomic mass is 19.1. The number of carbonyl (C=O) groups is 1. The molecule has 4 heteroatoms. The molecule has 0 saturated carbocycles. The molecule has 0 spiro atoms. The molecule has 2 rings (SSSR count). The van der Waals surface area contributed by atoms with Crippen LogP contribution in [0.4, 0.5) is 10.1 Å². The van der Waals surface area contributed by atoms with Crippen molar-refractivity contribution < 1.29 is 13.9 Å². The predicted molar refractivity (Wildman–Crippen MR) is 76.5 cm³/mol. The number of carbonyl (C=O) groups excluding carboxylic acids is 1. The minimum atomic E-state index is -0.331. The number of nitrogens with one attached hydrogen (secondary N) is 1. The smallest absolute Gasteiger partial charge is 0.187 e. The highest BCUT2D eigenvalue weighted by Gasteiger charge is 2.02. The molecule has 20 heavy (non-hydrogen) atoms. The second-order valence-corrected chi connectivity index (χ2v) is 4.08. The first-order chi connectivity index (χ1) is 9.69. The number of halogens is 1. The number of ketones is 1. The van der Waals surface area contributed by atoms with E-state index in [1.54, 1.807) is 43.5 Å². The molecular formula is C16H14FNO2. The molecule has 0 bridgehead atoms. The van der Waals surface area contributed by atoms with Crippen LogP contribution < -0.4 is 10.1 Å². The number of methoxy groups -OCH3 is 1. The van der Waals surface area contributed by atoms with Crippen molar-refractivity contribution in [3.05, 3.63) is 72.2 Å². The summed E-state index contributed by atoms with van der Waals surface area (Å²) < 4.78 is 18.0. The second kappa shape index (κ2) is 6.52. The highest BCUT2D eigenvalue weighted by molar-refractivity contribution is 6.04. The Morgan fingerprint density at radius 2 is 2.00 bits per heavy atom. The SMILES string of the molecule is COc1cccc(C(=O)/C=C/Nc2cccc(F)c2)c1. The quantitative estimate of drug-likeness (QED) is 0.666. The summed E-state index contributed by atoms with van der Waals surface area (Å²) in [5, 5.41) is 2.84. The van der Waals surface area contributed by atoms with Gasteiger partial charge in [-0.3, -0.25) is 4.79 Å². The summed E-state index contributed by atoms with van der Waals surface area (Å²) in [5.74, 6) is 0.137. The van der Waals surface area contributed by atoms with Crippen LogP contribution in [0, 0.1) is 5.82 Å². The summed E-state index contributed by atoms with van der Waals surface area (Å²) in [4.78, 5) is 11.9. The standard InChI is InChI=1S/C16H14FNO2/c1-20-15-7-2-4-12(10-15)16(19)8-9-18-14-6-3-5-13(17)11-14/h2-11,18H,1H3/b9-8+. The van der Waals surface area contributed by atoms with Gasteiger partial charge < -0.3 is 10.1 Å². The molecule has 0 saturated heterocycles. The van der Waals surface area contributed by atoms with Crippen molar-refractivity contribution in [3.8, 4) is 5.75 Å². The Balaban J connectivity index is 2.02. The molecule has 0 radical (unpaired) electrons. The highest BCUT2D eigenvalue weighted by Crippen LogP contribution is 2.13. The molecule has 0 aromatic heterocycles. The first-order valence-electron chi connectivity index (χ1n) is 6.06. The molecule has 1 N–H and O–H groups in total. The Hall–Kier alpha value is -2.62. The van der Waals surface area contributed by atoms with Crippen LogP contribution in [0.25, 0.3) is 0 Å². The fourth-order valence-electron chi connectivity index (χ4n) is 1.66. The van der Waals surface area contributed by atoms with E-state index in [9.17, 15) is 9.18 Å². The molecule has 0 unspecified atom stereocenters. The molecule has 2 aromatic rings. The van der Waals surface area contributed by atoms with E-state index in [2.05, 4.69) is 5.32 Å². The maximum absolute atomic E-state index is 13.0. The van der Waals surface area contributed by atoms with Gasteiger partial charge in [0.15, 0.2) is 5.78 Å². The molecule has 0 fully saturated rings. The van der Waals surface area contributed by atoms with Gasteiger partial charge in [0.05, 0.1) is 7.11 Å². The summed E-state index contributed by atoms with van der Waals surface area (Å²) in [7, 11) is 1.55. The third-order valence-corrected chi connectivity index (χ3v) is 2.66. The summed E-state index contributed by atoms with van der Waals surface area (Å²) in [5.41, 5.74) is 1.11. The fraction of sp³-hybridized carbons (Fsp3) is 0.0625. The number of allylic oxidation sites excluding steroid dienone is 1. The number of anilines is 1. The van der Waals surface area contributed by atoms with Crippen LogP contribution in [0.1, 0.15) is 10.4 Å². The van der Waals surface area contributed by atoms with E-state index in [0.717, 1.165) is 0 Å². The van der Waals surface area contributed by atoms with Crippen molar-refractivity contribution >= 4 is 11.5 Å². The van der Waals surface area contributed by atoms with Gasteiger partial charge in [0.25, 0.3) is 0 Å². The van der Waals surface area contributed by atoms with E-state index in [0.29, 0.717) is 17.0 Å². The van der Waals surface area contributed by atoms with Gasteiger partial charge in [-0.15, -0.1) is 0 Å². The lowest BCUT2D eigenvalue weighted by molar-refractivity contribution is 0.104. The molecule has 0 heterocycles. The van der Waals surface area contributed by atoms with E-state index in [4.69, 9.17) is 4.74 Å². The van der Waals surface area contributed by atoms with Crippen LogP contribution in [0.5, 0.6) is 5.75 Å². The van der Waals surface area contributed by atoms with E-state index in [1.165, 1.54) is 24.4 Å². The van der Waals surface area contributed by atoms with Gasteiger partial charge in [-0.05, 0) is 30.3 Å². The number of hydrogen-bond acceptors (Lipinski definition) is 3. The average molecular weight is 271 g/mol. The Bertz CT molecular complexity index is 638.